The van der Waals surface area contributed by atoms with Gasteiger partial charge in [0.1, 0.15) is 5.75 Å². The lowest BCUT2D eigenvalue weighted by Crippen LogP contribution is -2.40. The molecule has 1 unspecified atom stereocenters. The van der Waals surface area contributed by atoms with E-state index >= 15 is 0 Å². The second kappa shape index (κ2) is 3.91. The van der Waals surface area contributed by atoms with Gasteiger partial charge in [0.15, 0.2) is 0 Å². The Morgan fingerprint density at radius 3 is 2.23 bits per heavy atom. The van der Waals surface area contributed by atoms with Crippen LogP contribution in [0.2, 0.25) is 6.55 Å². The molecule has 0 aliphatic carbocycles. The standard InChI is InChI=1S/C9H14O3Si/c1-8-4-6-9(7-5-8)12-13(3,10)11-2/h4-7,10H,1-3H3. The van der Waals surface area contributed by atoms with Crippen LogP contribution in [-0.4, -0.2) is 20.7 Å². The van der Waals surface area contributed by atoms with Crippen molar-refractivity contribution < 1.29 is 13.6 Å². The predicted molar refractivity (Wildman–Crippen MR) is 52.7 cm³/mol. The van der Waals surface area contributed by atoms with Crippen LogP contribution in [0.15, 0.2) is 24.3 Å². The lowest BCUT2D eigenvalue weighted by molar-refractivity contribution is 0.204. The van der Waals surface area contributed by atoms with Crippen molar-refractivity contribution in [2.24, 2.45) is 0 Å². The fourth-order valence-corrected chi connectivity index (χ4v) is 1.52. The van der Waals surface area contributed by atoms with Gasteiger partial charge in [0, 0.05) is 13.7 Å². The summed E-state index contributed by atoms with van der Waals surface area (Å²) in [5.74, 6) is 0.643. The maximum Gasteiger partial charge on any atom is 0.559 e. The largest absolute Gasteiger partial charge is 0.559 e. The number of rotatable bonds is 3. The Bertz CT molecular complexity index is 269. The van der Waals surface area contributed by atoms with E-state index in [0.29, 0.717) is 5.75 Å². The smallest absolute Gasteiger partial charge is 0.501 e. The highest BCUT2D eigenvalue weighted by Crippen LogP contribution is 2.15. The van der Waals surface area contributed by atoms with Crippen molar-refractivity contribution in [2.75, 3.05) is 7.11 Å². The fourth-order valence-electron chi connectivity index (χ4n) is 0.867. The van der Waals surface area contributed by atoms with Crippen LogP contribution in [0.1, 0.15) is 5.56 Å². The van der Waals surface area contributed by atoms with Gasteiger partial charge in [-0.1, -0.05) is 17.7 Å². The molecule has 0 saturated carbocycles. The Hall–Kier alpha value is -0.843. The lowest BCUT2D eigenvalue weighted by Gasteiger charge is -2.18. The van der Waals surface area contributed by atoms with E-state index in [1.54, 1.807) is 6.55 Å². The van der Waals surface area contributed by atoms with Crippen molar-refractivity contribution in [2.45, 2.75) is 13.5 Å². The lowest BCUT2D eigenvalue weighted by atomic mass is 10.2. The van der Waals surface area contributed by atoms with E-state index in [4.69, 9.17) is 8.85 Å². The minimum atomic E-state index is -2.94. The fraction of sp³-hybridized carbons (Fsp3) is 0.333. The van der Waals surface area contributed by atoms with Crippen molar-refractivity contribution in [3.05, 3.63) is 29.8 Å². The normalized spacial score (nSPS) is 15.1. The summed E-state index contributed by atoms with van der Waals surface area (Å²) in [4.78, 5) is 9.54. The quantitative estimate of drug-likeness (QED) is 0.749. The van der Waals surface area contributed by atoms with Crippen molar-refractivity contribution in [3.63, 3.8) is 0 Å². The monoisotopic (exact) mass is 198 g/mol. The summed E-state index contributed by atoms with van der Waals surface area (Å²) in [7, 11) is -1.49. The zero-order valence-corrected chi connectivity index (χ0v) is 9.07. The van der Waals surface area contributed by atoms with Crippen LogP contribution in [-0.2, 0) is 4.43 Å². The summed E-state index contributed by atoms with van der Waals surface area (Å²) in [5, 5.41) is 0. The van der Waals surface area contributed by atoms with E-state index in [1.807, 2.05) is 31.2 Å². The van der Waals surface area contributed by atoms with E-state index < -0.39 is 8.80 Å². The molecule has 0 saturated heterocycles. The summed E-state index contributed by atoms with van der Waals surface area (Å²) < 4.78 is 10.1. The molecule has 72 valence electrons. The van der Waals surface area contributed by atoms with Gasteiger partial charge in [0.25, 0.3) is 0 Å². The van der Waals surface area contributed by atoms with Gasteiger partial charge >= 0.3 is 8.80 Å². The average Bonchev–Trinajstić information content (AvgIpc) is 2.09. The van der Waals surface area contributed by atoms with Gasteiger partial charge in [-0.3, -0.25) is 0 Å². The van der Waals surface area contributed by atoms with Crippen LogP contribution in [0.5, 0.6) is 5.75 Å². The minimum Gasteiger partial charge on any atom is -0.501 e. The third-order valence-electron chi connectivity index (χ3n) is 1.71. The molecule has 1 atom stereocenters. The van der Waals surface area contributed by atoms with E-state index in [-0.39, 0.29) is 0 Å². The molecule has 0 fully saturated rings. The average molecular weight is 198 g/mol. The highest BCUT2D eigenvalue weighted by Gasteiger charge is 2.30. The van der Waals surface area contributed by atoms with Gasteiger partial charge in [-0.25, -0.2) is 0 Å². The van der Waals surface area contributed by atoms with E-state index in [2.05, 4.69) is 0 Å². The van der Waals surface area contributed by atoms with E-state index in [9.17, 15) is 4.80 Å². The Morgan fingerprint density at radius 2 is 1.77 bits per heavy atom. The summed E-state index contributed by atoms with van der Waals surface area (Å²) in [5.41, 5.74) is 1.16. The van der Waals surface area contributed by atoms with Gasteiger partial charge in [-0.15, -0.1) is 0 Å². The number of benzene rings is 1. The highest BCUT2D eigenvalue weighted by atomic mass is 28.4. The topological polar surface area (TPSA) is 38.7 Å². The van der Waals surface area contributed by atoms with Gasteiger partial charge in [0.2, 0.25) is 0 Å². The highest BCUT2D eigenvalue weighted by molar-refractivity contribution is 6.58. The molecular formula is C9H14O3Si. The Labute approximate surface area is 79.3 Å². The molecule has 1 aromatic rings. The first-order valence-corrected chi connectivity index (χ1v) is 6.33. The molecule has 4 heteroatoms. The predicted octanol–water partition coefficient (Wildman–Crippen LogP) is 1.58. The van der Waals surface area contributed by atoms with Crippen LogP contribution >= 0.6 is 0 Å². The van der Waals surface area contributed by atoms with Gasteiger partial charge in [0.05, 0.1) is 0 Å². The van der Waals surface area contributed by atoms with Crippen molar-refractivity contribution in [1.29, 1.82) is 0 Å². The van der Waals surface area contributed by atoms with Crippen LogP contribution in [0, 0.1) is 6.92 Å². The van der Waals surface area contributed by atoms with E-state index in [0.717, 1.165) is 5.56 Å². The molecule has 1 N–H and O–H groups in total. The Kier molecular flexibility index (Phi) is 3.08. The van der Waals surface area contributed by atoms with Crippen molar-refractivity contribution in [3.8, 4) is 5.75 Å². The van der Waals surface area contributed by atoms with Crippen LogP contribution in [0.4, 0.5) is 0 Å². The van der Waals surface area contributed by atoms with Crippen molar-refractivity contribution >= 4 is 8.80 Å². The Balaban J connectivity index is 2.69. The summed E-state index contributed by atoms with van der Waals surface area (Å²) >= 11 is 0. The molecule has 0 bridgehead atoms. The summed E-state index contributed by atoms with van der Waals surface area (Å²) in [6.07, 6.45) is 0. The van der Waals surface area contributed by atoms with Crippen LogP contribution in [0.3, 0.4) is 0 Å². The van der Waals surface area contributed by atoms with Crippen LogP contribution < -0.4 is 4.43 Å². The first-order valence-electron chi connectivity index (χ1n) is 4.07. The molecule has 0 amide bonds. The number of hydrogen-bond acceptors (Lipinski definition) is 3. The van der Waals surface area contributed by atoms with E-state index in [1.165, 1.54) is 7.11 Å². The van der Waals surface area contributed by atoms with Gasteiger partial charge in [-0.2, -0.15) is 0 Å². The van der Waals surface area contributed by atoms with Gasteiger partial charge < -0.3 is 13.6 Å². The van der Waals surface area contributed by atoms with Crippen LogP contribution in [0.25, 0.3) is 0 Å². The first kappa shape index (κ1) is 10.2. The molecule has 0 aliphatic rings. The molecule has 13 heavy (non-hydrogen) atoms. The second-order valence-corrected chi connectivity index (χ2v) is 5.42. The minimum absolute atomic E-state index is 0.643. The maximum atomic E-state index is 9.54. The molecule has 3 nitrogen and oxygen atoms in total. The zero-order valence-electron chi connectivity index (χ0n) is 8.07. The molecule has 0 spiro atoms. The third-order valence-corrected chi connectivity index (χ3v) is 3.08. The molecule has 0 heterocycles. The molecule has 0 aliphatic heterocycles. The number of aryl methyl sites for hydroxylation is 1. The number of hydrogen-bond donors (Lipinski definition) is 1. The zero-order chi connectivity index (χ0) is 9.90. The summed E-state index contributed by atoms with van der Waals surface area (Å²) in [6.45, 7) is 3.57. The molecule has 0 aromatic heterocycles. The second-order valence-electron chi connectivity index (χ2n) is 3.02. The molecular weight excluding hydrogens is 184 g/mol. The molecule has 0 radical (unpaired) electrons. The third kappa shape index (κ3) is 3.18. The maximum absolute atomic E-state index is 9.54. The first-order chi connectivity index (χ1) is 6.03. The van der Waals surface area contributed by atoms with Crippen molar-refractivity contribution in [1.82, 2.24) is 0 Å². The molecule has 1 aromatic carbocycles. The Morgan fingerprint density at radius 1 is 1.23 bits per heavy atom. The van der Waals surface area contributed by atoms with Gasteiger partial charge in [-0.05, 0) is 19.1 Å². The SMILES string of the molecule is CO[Si](C)(O)Oc1ccc(C)cc1. The summed E-state index contributed by atoms with van der Waals surface area (Å²) in [6, 6.07) is 7.48. The molecule has 1 rings (SSSR count).